The maximum absolute atomic E-state index is 13.4. The standard InChI is InChI=1S/C25H24N2O4/c1-3-15-7-10-20-18(13-22(28)31-21(20)11-15)14-27-23(29)25(2,26-24(27)30)19-9-8-16-5-4-6-17(16)12-19/h7-13H,3-6,14H2,1-2H3,(H,26,30). The van der Waals surface area contributed by atoms with Gasteiger partial charge in [0.1, 0.15) is 11.1 Å². The monoisotopic (exact) mass is 416 g/mol. The molecule has 3 amide bonds. The van der Waals surface area contributed by atoms with E-state index in [1.165, 1.54) is 22.1 Å². The molecule has 0 radical (unpaired) electrons. The van der Waals surface area contributed by atoms with Crippen LogP contribution in [0.3, 0.4) is 0 Å². The second-order valence-corrected chi connectivity index (χ2v) is 8.56. The molecule has 31 heavy (non-hydrogen) atoms. The second kappa shape index (κ2) is 7.08. The van der Waals surface area contributed by atoms with Gasteiger partial charge in [0.15, 0.2) is 0 Å². The van der Waals surface area contributed by atoms with E-state index in [4.69, 9.17) is 4.42 Å². The minimum absolute atomic E-state index is 0.0127. The Balaban J connectivity index is 1.50. The van der Waals surface area contributed by atoms with Crippen molar-refractivity contribution in [3.63, 3.8) is 0 Å². The Bertz CT molecular complexity index is 1290. The van der Waals surface area contributed by atoms with Gasteiger partial charge in [-0.05, 0) is 66.5 Å². The molecule has 2 heterocycles. The first kappa shape index (κ1) is 19.5. The number of amides is 3. The van der Waals surface area contributed by atoms with Crippen LogP contribution in [0, 0.1) is 0 Å². The number of benzene rings is 2. The number of hydrogen-bond donors (Lipinski definition) is 1. The first-order valence-corrected chi connectivity index (χ1v) is 10.7. The molecule has 0 saturated carbocycles. The Labute approximate surface area is 179 Å². The van der Waals surface area contributed by atoms with Gasteiger partial charge in [0.25, 0.3) is 5.91 Å². The van der Waals surface area contributed by atoms with Crippen LogP contribution in [0.5, 0.6) is 0 Å². The van der Waals surface area contributed by atoms with E-state index in [0.717, 1.165) is 42.2 Å². The summed E-state index contributed by atoms with van der Waals surface area (Å²) in [5.41, 5.74) is 3.84. The van der Waals surface area contributed by atoms with E-state index in [9.17, 15) is 14.4 Å². The minimum Gasteiger partial charge on any atom is -0.423 e. The van der Waals surface area contributed by atoms with E-state index in [-0.39, 0.29) is 12.5 Å². The van der Waals surface area contributed by atoms with Crippen LogP contribution in [-0.4, -0.2) is 16.8 Å². The van der Waals surface area contributed by atoms with Gasteiger partial charge in [-0.1, -0.05) is 37.3 Å². The molecule has 5 rings (SSSR count). The summed E-state index contributed by atoms with van der Waals surface area (Å²) in [6.45, 7) is 3.78. The van der Waals surface area contributed by atoms with Gasteiger partial charge in [0.05, 0.1) is 6.54 Å². The van der Waals surface area contributed by atoms with Crippen molar-refractivity contribution in [2.75, 3.05) is 0 Å². The highest BCUT2D eigenvalue weighted by atomic mass is 16.4. The van der Waals surface area contributed by atoms with Crippen molar-refractivity contribution in [2.24, 2.45) is 0 Å². The molecule has 1 aliphatic heterocycles. The van der Waals surface area contributed by atoms with Crippen molar-refractivity contribution >= 4 is 22.9 Å². The number of nitrogens with zero attached hydrogens (tertiary/aromatic N) is 1. The second-order valence-electron chi connectivity index (χ2n) is 8.56. The van der Waals surface area contributed by atoms with Gasteiger partial charge < -0.3 is 9.73 Å². The van der Waals surface area contributed by atoms with Gasteiger partial charge in [0.2, 0.25) is 0 Å². The van der Waals surface area contributed by atoms with E-state index < -0.39 is 17.2 Å². The van der Waals surface area contributed by atoms with Crippen LogP contribution < -0.4 is 10.9 Å². The summed E-state index contributed by atoms with van der Waals surface area (Å²) in [4.78, 5) is 39.5. The highest BCUT2D eigenvalue weighted by Crippen LogP contribution is 2.33. The van der Waals surface area contributed by atoms with Crippen LogP contribution in [0.2, 0.25) is 0 Å². The molecule has 6 nitrogen and oxygen atoms in total. The van der Waals surface area contributed by atoms with E-state index in [1.54, 1.807) is 6.92 Å². The predicted octanol–water partition coefficient (Wildman–Crippen LogP) is 3.81. The predicted molar refractivity (Wildman–Crippen MR) is 117 cm³/mol. The Hall–Kier alpha value is -3.41. The number of nitrogens with one attached hydrogen (secondary N) is 1. The maximum atomic E-state index is 13.4. The molecule has 1 fully saturated rings. The van der Waals surface area contributed by atoms with E-state index in [0.29, 0.717) is 11.1 Å². The lowest BCUT2D eigenvalue weighted by Gasteiger charge is -2.23. The van der Waals surface area contributed by atoms with Gasteiger partial charge in [-0.3, -0.25) is 9.69 Å². The molecular formula is C25H24N2O4. The van der Waals surface area contributed by atoms with Crippen LogP contribution in [0.1, 0.15) is 48.1 Å². The molecule has 1 aliphatic carbocycles. The van der Waals surface area contributed by atoms with Crippen molar-refractivity contribution in [1.82, 2.24) is 10.2 Å². The fourth-order valence-electron chi connectivity index (χ4n) is 4.71. The summed E-state index contributed by atoms with van der Waals surface area (Å²) in [5, 5.41) is 3.60. The lowest BCUT2D eigenvalue weighted by atomic mass is 9.89. The van der Waals surface area contributed by atoms with Gasteiger partial charge in [-0.25, -0.2) is 9.59 Å². The molecule has 158 valence electrons. The lowest BCUT2D eigenvalue weighted by molar-refractivity contribution is -0.131. The summed E-state index contributed by atoms with van der Waals surface area (Å²) in [5.74, 6) is -0.318. The Morgan fingerprint density at radius 3 is 2.65 bits per heavy atom. The molecule has 1 unspecified atom stereocenters. The number of carbonyl (C=O) groups is 2. The third-order valence-electron chi connectivity index (χ3n) is 6.58. The molecule has 1 atom stereocenters. The molecule has 6 heteroatoms. The molecule has 2 aliphatic rings. The summed E-state index contributed by atoms with van der Waals surface area (Å²) >= 11 is 0. The number of imide groups is 1. The normalized spacial score (nSPS) is 20.4. The number of carbonyl (C=O) groups excluding carboxylic acids is 2. The topological polar surface area (TPSA) is 79.6 Å². The average molecular weight is 416 g/mol. The van der Waals surface area contributed by atoms with Crippen LogP contribution in [-0.2, 0) is 36.1 Å². The zero-order valence-electron chi connectivity index (χ0n) is 17.7. The molecule has 1 saturated heterocycles. The molecule has 3 aromatic rings. The van der Waals surface area contributed by atoms with Gasteiger partial charge in [-0.2, -0.15) is 0 Å². The van der Waals surface area contributed by atoms with Gasteiger partial charge >= 0.3 is 11.7 Å². The Kier molecular flexibility index (Phi) is 4.46. The summed E-state index contributed by atoms with van der Waals surface area (Å²) in [6, 6.07) is 12.6. The van der Waals surface area contributed by atoms with Crippen molar-refractivity contribution in [2.45, 2.75) is 51.6 Å². The lowest BCUT2D eigenvalue weighted by Crippen LogP contribution is -2.41. The highest BCUT2D eigenvalue weighted by molar-refractivity contribution is 6.07. The van der Waals surface area contributed by atoms with Crippen molar-refractivity contribution in [1.29, 1.82) is 0 Å². The molecular weight excluding hydrogens is 392 g/mol. The molecule has 0 spiro atoms. The molecule has 0 bridgehead atoms. The van der Waals surface area contributed by atoms with Crippen molar-refractivity contribution in [3.8, 4) is 0 Å². The van der Waals surface area contributed by atoms with Crippen LogP contribution >= 0.6 is 0 Å². The smallest absolute Gasteiger partial charge is 0.336 e. The van der Waals surface area contributed by atoms with E-state index in [2.05, 4.69) is 11.4 Å². The first-order valence-electron chi connectivity index (χ1n) is 10.7. The third kappa shape index (κ3) is 3.14. The zero-order valence-corrected chi connectivity index (χ0v) is 17.7. The quantitative estimate of drug-likeness (QED) is 0.518. The SMILES string of the molecule is CCc1ccc2c(CN3C(=O)NC(C)(c4ccc5c(c4)CCC5)C3=O)cc(=O)oc2c1. The van der Waals surface area contributed by atoms with Gasteiger partial charge in [0, 0.05) is 11.5 Å². The molecule has 1 aromatic heterocycles. The summed E-state index contributed by atoms with van der Waals surface area (Å²) < 4.78 is 5.36. The molecule has 2 aromatic carbocycles. The zero-order chi connectivity index (χ0) is 21.8. The minimum atomic E-state index is -1.13. The van der Waals surface area contributed by atoms with Crippen molar-refractivity contribution < 1.29 is 14.0 Å². The Morgan fingerprint density at radius 1 is 1.03 bits per heavy atom. The van der Waals surface area contributed by atoms with Crippen LogP contribution in [0.25, 0.3) is 11.0 Å². The third-order valence-corrected chi connectivity index (χ3v) is 6.58. The number of urea groups is 1. The number of hydrogen-bond acceptors (Lipinski definition) is 4. The maximum Gasteiger partial charge on any atom is 0.336 e. The Morgan fingerprint density at radius 2 is 1.84 bits per heavy atom. The fourth-order valence-corrected chi connectivity index (χ4v) is 4.71. The molecule has 1 N–H and O–H groups in total. The fraction of sp³-hybridized carbons (Fsp3) is 0.320. The highest BCUT2D eigenvalue weighted by Gasteiger charge is 2.49. The number of aryl methyl sites for hydroxylation is 3. The van der Waals surface area contributed by atoms with Gasteiger partial charge in [-0.15, -0.1) is 0 Å². The van der Waals surface area contributed by atoms with Crippen LogP contribution in [0.15, 0.2) is 51.7 Å². The van der Waals surface area contributed by atoms with Crippen molar-refractivity contribution in [3.05, 3.63) is 80.7 Å². The largest absolute Gasteiger partial charge is 0.423 e. The summed E-state index contributed by atoms with van der Waals surface area (Å²) in [7, 11) is 0. The van der Waals surface area contributed by atoms with Crippen LogP contribution in [0.4, 0.5) is 4.79 Å². The van der Waals surface area contributed by atoms with E-state index in [1.807, 2.05) is 37.3 Å². The van der Waals surface area contributed by atoms with E-state index >= 15 is 0 Å². The first-order chi connectivity index (χ1) is 14.9. The number of rotatable bonds is 4. The number of fused-ring (bicyclic) bond motifs is 2. The average Bonchev–Trinajstić information content (AvgIpc) is 3.31. The summed E-state index contributed by atoms with van der Waals surface area (Å²) in [6.07, 6.45) is 3.99.